The Hall–Kier alpha value is -0.420. The summed E-state index contributed by atoms with van der Waals surface area (Å²) < 4.78 is 14.3. The van der Waals surface area contributed by atoms with Crippen LogP contribution < -0.4 is 5.32 Å². The fourth-order valence-electron chi connectivity index (χ4n) is 1.59. The van der Waals surface area contributed by atoms with Gasteiger partial charge in [0.2, 0.25) is 0 Å². The van der Waals surface area contributed by atoms with Gasteiger partial charge in [0.15, 0.2) is 0 Å². The van der Waals surface area contributed by atoms with E-state index in [0.29, 0.717) is 13.0 Å². The van der Waals surface area contributed by atoms with E-state index in [9.17, 15) is 4.39 Å². The predicted octanol–water partition coefficient (Wildman–Crippen LogP) is 1.93. The highest BCUT2D eigenvalue weighted by Gasteiger charge is 2.36. The van der Waals surface area contributed by atoms with Crippen LogP contribution in [0.15, 0.2) is 10.8 Å². The molecule has 2 unspecified atom stereocenters. The van der Waals surface area contributed by atoms with E-state index < -0.39 is 5.67 Å². The molecule has 2 rings (SSSR count). The van der Waals surface area contributed by atoms with Crippen LogP contribution in [0, 0.1) is 0 Å². The van der Waals surface area contributed by atoms with Gasteiger partial charge in [-0.25, -0.2) is 9.37 Å². The summed E-state index contributed by atoms with van der Waals surface area (Å²) in [5.41, 5.74) is -1.11. The second-order valence-electron chi connectivity index (χ2n) is 3.67. The van der Waals surface area contributed by atoms with Crippen LogP contribution in [0.5, 0.6) is 0 Å². The number of hydrogen-bond acceptors (Lipinski definition) is 2. The number of alkyl halides is 1. The van der Waals surface area contributed by atoms with Crippen LogP contribution in [0.3, 0.4) is 0 Å². The van der Waals surface area contributed by atoms with Crippen molar-refractivity contribution < 1.29 is 4.39 Å². The summed E-state index contributed by atoms with van der Waals surface area (Å²) in [4.78, 5) is 7.16. The van der Waals surface area contributed by atoms with Crippen LogP contribution >= 0.6 is 15.9 Å². The Kier molecular flexibility index (Phi) is 2.15. The molecule has 1 aromatic heterocycles. The van der Waals surface area contributed by atoms with E-state index in [-0.39, 0.29) is 6.04 Å². The third-order valence-corrected chi connectivity index (χ3v) is 2.64. The molecule has 0 saturated carbocycles. The minimum Gasteiger partial charge on any atom is -0.335 e. The van der Waals surface area contributed by atoms with Crippen molar-refractivity contribution in [3.63, 3.8) is 0 Å². The zero-order chi connectivity index (χ0) is 9.47. The lowest BCUT2D eigenvalue weighted by atomic mass is 10.1. The van der Waals surface area contributed by atoms with Gasteiger partial charge in [-0.15, -0.1) is 0 Å². The van der Waals surface area contributed by atoms with Crippen molar-refractivity contribution in [3.05, 3.63) is 16.6 Å². The molecule has 3 nitrogen and oxygen atoms in total. The summed E-state index contributed by atoms with van der Waals surface area (Å²) in [6.45, 7) is 2.01. The molecule has 1 aromatic rings. The number of aromatic nitrogens is 2. The molecule has 0 aromatic carbocycles. The van der Waals surface area contributed by atoms with Gasteiger partial charge in [0.25, 0.3) is 0 Å². The molecular weight excluding hydrogens is 237 g/mol. The van der Waals surface area contributed by atoms with Crippen LogP contribution in [0.4, 0.5) is 4.39 Å². The van der Waals surface area contributed by atoms with Gasteiger partial charge in [-0.1, -0.05) is 0 Å². The molecule has 0 amide bonds. The highest BCUT2D eigenvalue weighted by molar-refractivity contribution is 9.10. The molecule has 1 aliphatic heterocycles. The lowest BCUT2D eigenvalue weighted by Gasteiger charge is -2.09. The lowest BCUT2D eigenvalue weighted by molar-refractivity contribution is 0.213. The highest BCUT2D eigenvalue weighted by Crippen LogP contribution is 2.31. The first-order valence-electron chi connectivity index (χ1n) is 4.19. The quantitative estimate of drug-likeness (QED) is 0.797. The third-order valence-electron chi connectivity index (χ3n) is 2.24. The van der Waals surface area contributed by atoms with Crippen molar-refractivity contribution in [2.24, 2.45) is 0 Å². The van der Waals surface area contributed by atoms with Gasteiger partial charge in [0, 0.05) is 13.0 Å². The predicted molar refractivity (Wildman–Crippen MR) is 51.2 cm³/mol. The van der Waals surface area contributed by atoms with Gasteiger partial charge >= 0.3 is 0 Å². The van der Waals surface area contributed by atoms with Gasteiger partial charge in [0.05, 0.1) is 12.2 Å². The van der Waals surface area contributed by atoms with Crippen molar-refractivity contribution >= 4 is 15.9 Å². The average molecular weight is 248 g/mol. The third kappa shape index (κ3) is 1.91. The van der Waals surface area contributed by atoms with Crippen LogP contribution in [0.2, 0.25) is 0 Å². The summed E-state index contributed by atoms with van der Waals surface area (Å²) >= 11 is 3.27. The number of H-pyrrole nitrogens is 1. The molecule has 2 atom stereocenters. The van der Waals surface area contributed by atoms with Crippen LogP contribution in [0.1, 0.15) is 25.2 Å². The molecule has 13 heavy (non-hydrogen) atoms. The maximum atomic E-state index is 13.4. The summed E-state index contributed by atoms with van der Waals surface area (Å²) in [7, 11) is 0. The molecule has 2 heterocycles. The van der Waals surface area contributed by atoms with Gasteiger partial charge in [0.1, 0.15) is 16.1 Å². The number of nitrogens with zero attached hydrogens (tertiary/aromatic N) is 1. The Balaban J connectivity index is 2.12. The van der Waals surface area contributed by atoms with Gasteiger partial charge in [-0.3, -0.25) is 0 Å². The van der Waals surface area contributed by atoms with Gasteiger partial charge in [-0.2, -0.15) is 0 Å². The number of imidazole rings is 1. The van der Waals surface area contributed by atoms with E-state index in [2.05, 4.69) is 31.2 Å². The van der Waals surface area contributed by atoms with E-state index in [1.165, 1.54) is 0 Å². The number of nitrogens with one attached hydrogen (secondary N) is 2. The van der Waals surface area contributed by atoms with Gasteiger partial charge < -0.3 is 10.3 Å². The van der Waals surface area contributed by atoms with Gasteiger partial charge in [-0.05, 0) is 22.9 Å². The number of hydrogen-bond donors (Lipinski definition) is 2. The molecule has 1 fully saturated rings. The standard InChI is InChI=1S/C8H11BrFN3/c1-8(10)2-5(12-4-8)7-11-3-6(9)13-7/h3,5,12H,2,4H2,1H3,(H,11,13). The minimum absolute atomic E-state index is 0.0151. The molecule has 0 aliphatic carbocycles. The Morgan fingerprint density at radius 2 is 2.54 bits per heavy atom. The van der Waals surface area contributed by atoms with Crippen molar-refractivity contribution in [2.75, 3.05) is 6.54 Å². The molecule has 5 heteroatoms. The van der Waals surface area contributed by atoms with Crippen LogP contribution in [0.25, 0.3) is 0 Å². The summed E-state index contributed by atoms with van der Waals surface area (Å²) in [5.74, 6) is 0.799. The van der Waals surface area contributed by atoms with E-state index >= 15 is 0 Å². The van der Waals surface area contributed by atoms with Crippen LogP contribution in [-0.4, -0.2) is 22.2 Å². The van der Waals surface area contributed by atoms with E-state index in [1.54, 1.807) is 13.1 Å². The van der Waals surface area contributed by atoms with Crippen LogP contribution in [-0.2, 0) is 0 Å². The molecule has 0 spiro atoms. The lowest BCUT2D eigenvalue weighted by Crippen LogP contribution is -2.21. The van der Waals surface area contributed by atoms with E-state index in [0.717, 1.165) is 10.4 Å². The Labute approximate surface area is 84.3 Å². The summed E-state index contributed by atoms with van der Waals surface area (Å²) in [6.07, 6.45) is 2.16. The Morgan fingerprint density at radius 3 is 3.00 bits per heavy atom. The Morgan fingerprint density at radius 1 is 1.77 bits per heavy atom. The first kappa shape index (κ1) is 9.15. The first-order valence-corrected chi connectivity index (χ1v) is 4.99. The molecule has 0 bridgehead atoms. The summed E-state index contributed by atoms with van der Waals surface area (Å²) in [6, 6.07) is 0.0151. The normalized spacial score (nSPS) is 33.9. The largest absolute Gasteiger partial charge is 0.335 e. The second-order valence-corrected chi connectivity index (χ2v) is 4.52. The summed E-state index contributed by atoms with van der Waals surface area (Å²) in [5, 5.41) is 3.09. The maximum Gasteiger partial charge on any atom is 0.124 e. The zero-order valence-corrected chi connectivity index (χ0v) is 8.86. The smallest absolute Gasteiger partial charge is 0.124 e. The highest BCUT2D eigenvalue weighted by atomic mass is 79.9. The number of halogens is 2. The maximum absolute atomic E-state index is 13.4. The number of rotatable bonds is 1. The average Bonchev–Trinajstić information content (AvgIpc) is 2.56. The minimum atomic E-state index is -1.11. The topological polar surface area (TPSA) is 40.7 Å². The fourth-order valence-corrected chi connectivity index (χ4v) is 1.90. The van der Waals surface area contributed by atoms with Crippen molar-refractivity contribution in [2.45, 2.75) is 25.1 Å². The SMILES string of the molecule is CC1(F)CNC(c2ncc(Br)[nH]2)C1. The molecule has 72 valence electrons. The first-order chi connectivity index (χ1) is 6.07. The second kappa shape index (κ2) is 3.06. The molecule has 1 aliphatic rings. The molecule has 1 saturated heterocycles. The van der Waals surface area contributed by atoms with Crippen molar-refractivity contribution in [1.29, 1.82) is 0 Å². The van der Waals surface area contributed by atoms with E-state index in [1.807, 2.05) is 0 Å². The van der Waals surface area contributed by atoms with Crippen molar-refractivity contribution in [3.8, 4) is 0 Å². The monoisotopic (exact) mass is 247 g/mol. The molecule has 2 N–H and O–H groups in total. The van der Waals surface area contributed by atoms with E-state index in [4.69, 9.17) is 0 Å². The number of aromatic amines is 1. The Bertz CT molecular complexity index is 310. The molecule has 0 radical (unpaired) electrons. The van der Waals surface area contributed by atoms with Crippen molar-refractivity contribution in [1.82, 2.24) is 15.3 Å². The fraction of sp³-hybridized carbons (Fsp3) is 0.625. The molecular formula is C8H11BrFN3. The zero-order valence-electron chi connectivity index (χ0n) is 7.27.